The first-order valence-corrected chi connectivity index (χ1v) is 8.89. The molecule has 1 aliphatic heterocycles. The summed E-state index contributed by atoms with van der Waals surface area (Å²) in [4.78, 5) is 29.6. The van der Waals surface area contributed by atoms with Gasteiger partial charge in [0.1, 0.15) is 6.04 Å². The molecule has 1 saturated carbocycles. The third kappa shape index (κ3) is 2.79. The largest absolute Gasteiger partial charge is 0.361 e. The number of hydrogen-bond acceptors (Lipinski definition) is 2. The summed E-state index contributed by atoms with van der Waals surface area (Å²) >= 11 is 0. The summed E-state index contributed by atoms with van der Waals surface area (Å²) in [7, 11) is 0. The summed E-state index contributed by atoms with van der Waals surface area (Å²) in [6, 6.07) is 7.36. The van der Waals surface area contributed by atoms with Crippen LogP contribution in [-0.2, 0) is 11.2 Å². The van der Waals surface area contributed by atoms with Crippen LogP contribution in [-0.4, -0.2) is 34.4 Å². The Morgan fingerprint density at radius 2 is 1.88 bits per heavy atom. The summed E-state index contributed by atoms with van der Waals surface area (Å²) in [5.41, 5.74) is 2.13. The lowest BCUT2D eigenvalue weighted by Crippen LogP contribution is -2.36. The van der Waals surface area contributed by atoms with Gasteiger partial charge in [0, 0.05) is 30.1 Å². The molecule has 1 saturated heterocycles. The molecule has 5 heteroatoms. The van der Waals surface area contributed by atoms with Gasteiger partial charge in [0.25, 0.3) is 5.91 Å². The van der Waals surface area contributed by atoms with Gasteiger partial charge in [-0.1, -0.05) is 37.5 Å². The first kappa shape index (κ1) is 15.2. The van der Waals surface area contributed by atoms with Crippen molar-refractivity contribution < 1.29 is 9.59 Å². The molecule has 126 valence electrons. The topological polar surface area (TPSA) is 65.2 Å². The lowest BCUT2D eigenvalue weighted by molar-refractivity contribution is -0.128. The lowest BCUT2D eigenvalue weighted by Gasteiger charge is -2.25. The number of nitrogens with zero attached hydrogens (tertiary/aromatic N) is 1. The van der Waals surface area contributed by atoms with Gasteiger partial charge in [0.2, 0.25) is 0 Å². The van der Waals surface area contributed by atoms with Crippen LogP contribution in [0.2, 0.25) is 0 Å². The van der Waals surface area contributed by atoms with Crippen LogP contribution in [0.3, 0.4) is 0 Å². The van der Waals surface area contributed by atoms with Gasteiger partial charge >= 0.3 is 6.03 Å². The molecule has 2 aliphatic rings. The van der Waals surface area contributed by atoms with Crippen LogP contribution in [0.25, 0.3) is 10.9 Å². The van der Waals surface area contributed by atoms with Crippen molar-refractivity contribution in [3.8, 4) is 0 Å². The number of nitrogens with one attached hydrogen (secondary N) is 2. The maximum Gasteiger partial charge on any atom is 0.324 e. The van der Waals surface area contributed by atoms with E-state index in [0.717, 1.165) is 29.3 Å². The molecular formula is C19H23N3O2. The highest BCUT2D eigenvalue weighted by Crippen LogP contribution is 2.26. The van der Waals surface area contributed by atoms with Crippen LogP contribution >= 0.6 is 0 Å². The van der Waals surface area contributed by atoms with Crippen LogP contribution in [0, 0.1) is 5.92 Å². The van der Waals surface area contributed by atoms with Crippen molar-refractivity contribution in [2.24, 2.45) is 5.92 Å². The number of rotatable bonds is 4. The summed E-state index contributed by atoms with van der Waals surface area (Å²) in [6.07, 6.45) is 8.44. The van der Waals surface area contributed by atoms with E-state index in [-0.39, 0.29) is 11.9 Å². The standard InChI is InChI=1S/C19H23N3O2/c23-18-17(10-14-11-20-16-9-5-4-8-15(14)16)21-19(24)22(18)12-13-6-2-1-3-7-13/h4-5,8-9,11,13,17,20H,1-3,6-7,10,12H2,(H,21,24)/t17-/m1/s1. The fourth-order valence-corrected chi connectivity index (χ4v) is 4.04. The van der Waals surface area contributed by atoms with Gasteiger partial charge in [-0.3, -0.25) is 9.69 Å². The number of aromatic amines is 1. The summed E-state index contributed by atoms with van der Waals surface area (Å²) in [5, 5.41) is 3.99. The minimum absolute atomic E-state index is 0.0733. The zero-order chi connectivity index (χ0) is 16.5. The molecule has 4 rings (SSSR count). The number of imide groups is 1. The van der Waals surface area contributed by atoms with Gasteiger partial charge in [-0.2, -0.15) is 0 Å². The minimum atomic E-state index is -0.444. The second-order valence-electron chi connectivity index (χ2n) is 7.02. The third-order valence-corrected chi connectivity index (χ3v) is 5.37. The van der Waals surface area contributed by atoms with E-state index in [9.17, 15) is 9.59 Å². The van der Waals surface area contributed by atoms with Crippen molar-refractivity contribution in [1.29, 1.82) is 0 Å². The smallest absolute Gasteiger partial charge is 0.324 e. The summed E-state index contributed by atoms with van der Waals surface area (Å²) in [6.45, 7) is 0.578. The lowest BCUT2D eigenvalue weighted by atomic mass is 9.89. The molecule has 24 heavy (non-hydrogen) atoms. The van der Waals surface area contributed by atoms with E-state index in [0.29, 0.717) is 18.9 Å². The highest BCUT2D eigenvalue weighted by atomic mass is 16.2. The van der Waals surface area contributed by atoms with Gasteiger partial charge in [-0.05, 0) is 30.4 Å². The molecule has 1 atom stereocenters. The van der Waals surface area contributed by atoms with Crippen molar-refractivity contribution in [1.82, 2.24) is 15.2 Å². The molecule has 2 aromatic rings. The quantitative estimate of drug-likeness (QED) is 0.848. The number of carbonyl (C=O) groups is 2. The number of fused-ring (bicyclic) bond motifs is 1. The number of urea groups is 1. The van der Waals surface area contributed by atoms with E-state index in [2.05, 4.69) is 10.3 Å². The minimum Gasteiger partial charge on any atom is -0.361 e. The average molecular weight is 325 g/mol. The van der Waals surface area contributed by atoms with E-state index < -0.39 is 6.04 Å². The second kappa shape index (κ2) is 6.30. The number of amides is 3. The van der Waals surface area contributed by atoms with Crippen LogP contribution in [0.15, 0.2) is 30.5 Å². The average Bonchev–Trinajstić information content (AvgIpc) is 3.13. The van der Waals surface area contributed by atoms with Crippen molar-refractivity contribution >= 4 is 22.8 Å². The molecule has 2 heterocycles. The van der Waals surface area contributed by atoms with Gasteiger partial charge in [0.05, 0.1) is 0 Å². The Balaban J connectivity index is 1.46. The second-order valence-corrected chi connectivity index (χ2v) is 7.02. The van der Waals surface area contributed by atoms with Gasteiger partial charge in [0.15, 0.2) is 0 Å². The molecule has 1 aliphatic carbocycles. The number of aromatic nitrogens is 1. The molecule has 1 aromatic carbocycles. The Morgan fingerprint density at radius 3 is 2.71 bits per heavy atom. The van der Waals surface area contributed by atoms with Gasteiger partial charge in [-0.25, -0.2) is 4.79 Å². The highest BCUT2D eigenvalue weighted by molar-refractivity contribution is 6.04. The highest BCUT2D eigenvalue weighted by Gasteiger charge is 2.39. The van der Waals surface area contributed by atoms with Crippen LogP contribution < -0.4 is 5.32 Å². The fourth-order valence-electron chi connectivity index (χ4n) is 4.04. The molecule has 3 amide bonds. The molecule has 5 nitrogen and oxygen atoms in total. The van der Waals surface area contributed by atoms with Crippen molar-refractivity contribution in [3.05, 3.63) is 36.0 Å². The number of benzene rings is 1. The van der Waals surface area contributed by atoms with Gasteiger partial charge < -0.3 is 10.3 Å². The van der Waals surface area contributed by atoms with E-state index in [4.69, 9.17) is 0 Å². The molecular weight excluding hydrogens is 302 g/mol. The Hall–Kier alpha value is -2.30. The molecule has 0 unspecified atom stereocenters. The van der Waals surface area contributed by atoms with Crippen LogP contribution in [0.1, 0.15) is 37.7 Å². The zero-order valence-electron chi connectivity index (χ0n) is 13.8. The van der Waals surface area contributed by atoms with E-state index >= 15 is 0 Å². The Morgan fingerprint density at radius 1 is 1.08 bits per heavy atom. The summed E-state index contributed by atoms with van der Waals surface area (Å²) in [5.74, 6) is 0.399. The van der Waals surface area contributed by atoms with Crippen LogP contribution in [0.4, 0.5) is 4.79 Å². The number of H-pyrrole nitrogens is 1. The molecule has 0 radical (unpaired) electrons. The maximum atomic E-state index is 12.7. The van der Waals surface area contributed by atoms with Gasteiger partial charge in [-0.15, -0.1) is 0 Å². The van der Waals surface area contributed by atoms with E-state index in [1.54, 1.807) is 0 Å². The number of hydrogen-bond donors (Lipinski definition) is 2. The fraction of sp³-hybridized carbons (Fsp3) is 0.474. The SMILES string of the molecule is O=C1N[C@H](Cc2c[nH]c3ccccc23)C(=O)N1CC1CCCCC1. The molecule has 0 spiro atoms. The van der Waals surface area contributed by atoms with Crippen LogP contribution in [0.5, 0.6) is 0 Å². The number of para-hydroxylation sites is 1. The predicted molar refractivity (Wildman–Crippen MR) is 92.6 cm³/mol. The van der Waals surface area contributed by atoms with E-state index in [1.165, 1.54) is 24.2 Å². The molecule has 0 bridgehead atoms. The van der Waals surface area contributed by atoms with Crippen molar-refractivity contribution in [2.75, 3.05) is 6.54 Å². The predicted octanol–water partition coefficient (Wildman–Crippen LogP) is 3.21. The van der Waals surface area contributed by atoms with Crippen molar-refractivity contribution in [2.45, 2.75) is 44.6 Å². The maximum absolute atomic E-state index is 12.7. The molecule has 2 N–H and O–H groups in total. The zero-order valence-corrected chi connectivity index (χ0v) is 13.8. The van der Waals surface area contributed by atoms with E-state index in [1.807, 2.05) is 30.5 Å². The normalized spacial score (nSPS) is 22.3. The first-order valence-electron chi connectivity index (χ1n) is 8.89. The Labute approximate surface area is 141 Å². The first-order chi connectivity index (χ1) is 11.7. The molecule has 2 fully saturated rings. The monoisotopic (exact) mass is 325 g/mol. The van der Waals surface area contributed by atoms with Crippen molar-refractivity contribution in [3.63, 3.8) is 0 Å². The summed E-state index contributed by atoms with van der Waals surface area (Å²) < 4.78 is 0. The number of carbonyl (C=O) groups excluding carboxylic acids is 2. The Kier molecular flexibility index (Phi) is 4.00. The Bertz CT molecular complexity index is 761. The third-order valence-electron chi connectivity index (χ3n) is 5.37. The molecule has 1 aromatic heterocycles.